The smallest absolute Gasteiger partial charge is 0.480 e. The first-order valence-electron chi connectivity index (χ1n) is 8.89. The van der Waals surface area contributed by atoms with Crippen LogP contribution in [0.4, 0.5) is 10.5 Å². The predicted molar refractivity (Wildman–Crippen MR) is 114 cm³/mol. The van der Waals surface area contributed by atoms with Crippen molar-refractivity contribution in [2.75, 3.05) is 16.8 Å². The summed E-state index contributed by atoms with van der Waals surface area (Å²) in [7, 11) is 0. The zero-order valence-electron chi connectivity index (χ0n) is 16.4. The van der Waals surface area contributed by atoms with Crippen LogP contribution in [-0.4, -0.2) is 92.3 Å². The van der Waals surface area contributed by atoms with Gasteiger partial charge in [-0.15, -0.1) is 0 Å². The maximum absolute atomic E-state index is 12.0. The Morgan fingerprint density at radius 2 is 1.47 bits per heavy atom. The summed E-state index contributed by atoms with van der Waals surface area (Å²) in [6.45, 7) is 0. The van der Waals surface area contributed by atoms with Crippen LogP contribution in [0.5, 0.6) is 0 Å². The minimum atomic E-state index is -3.00. The molecule has 13 nitrogen and oxygen atoms in total. The van der Waals surface area contributed by atoms with E-state index >= 15 is 0 Å². The van der Waals surface area contributed by atoms with Gasteiger partial charge in [0.2, 0.25) is 0 Å². The molecule has 0 saturated carbocycles. The van der Waals surface area contributed by atoms with Crippen molar-refractivity contribution in [3.8, 4) is 0 Å². The normalized spacial score (nSPS) is 12.5. The summed E-state index contributed by atoms with van der Waals surface area (Å²) in [5.41, 5.74) is 0.406. The van der Waals surface area contributed by atoms with Gasteiger partial charge in [-0.25, -0.2) is 9.59 Å². The van der Waals surface area contributed by atoms with Gasteiger partial charge in [0.15, 0.2) is 0 Å². The van der Waals surface area contributed by atoms with E-state index in [1.54, 1.807) is 0 Å². The van der Waals surface area contributed by atoms with Crippen LogP contribution in [0.15, 0.2) is 24.3 Å². The number of hydrogen-bond acceptors (Lipinski definition) is 8. The van der Waals surface area contributed by atoms with Gasteiger partial charge in [0, 0.05) is 6.42 Å². The third-order valence-electron chi connectivity index (χ3n) is 3.75. The summed E-state index contributed by atoms with van der Waals surface area (Å²) < 4.78 is 18.7. The number of aliphatic carboxylic acids is 3. The third-order valence-corrected chi connectivity index (χ3v) is 6.38. The molecule has 176 valence electrons. The topological polar surface area (TPSA) is 223 Å². The number of nitrogens with one attached hydrogen (secondary N) is 3. The van der Waals surface area contributed by atoms with Crippen LogP contribution in [-0.2, 0) is 19.2 Å². The molecule has 3 amide bonds. The van der Waals surface area contributed by atoms with E-state index in [9.17, 15) is 37.3 Å². The van der Waals surface area contributed by atoms with Crippen LogP contribution in [0, 0.1) is 0 Å². The van der Waals surface area contributed by atoms with Crippen molar-refractivity contribution in [1.29, 1.82) is 0 Å². The van der Waals surface area contributed by atoms with Crippen LogP contribution < -0.4 is 20.3 Å². The van der Waals surface area contributed by atoms with Gasteiger partial charge in [0.05, 0.1) is 0 Å². The molecule has 0 aromatic heterocycles. The van der Waals surface area contributed by atoms with Crippen molar-refractivity contribution in [2.45, 2.75) is 24.9 Å². The van der Waals surface area contributed by atoms with E-state index in [1.165, 1.54) is 24.3 Å². The fraction of sp³-hybridized carbons (Fsp3) is 0.353. The number of carboxylic acid groups (broad SMARTS) is 3. The fourth-order valence-corrected chi connectivity index (χ4v) is 3.91. The Kier molecular flexibility index (Phi) is 11.6. The molecule has 8 N–H and O–H groups in total. The first kappa shape index (κ1) is 27.2. The third kappa shape index (κ3) is 10.5. The molecule has 0 spiro atoms. The number of benzene rings is 1. The Balaban J connectivity index is 2.50. The van der Waals surface area contributed by atoms with E-state index in [4.69, 9.17) is 10.2 Å². The van der Waals surface area contributed by atoms with E-state index in [0.29, 0.717) is 10.0 Å². The van der Waals surface area contributed by atoms with Crippen LogP contribution in [0.2, 0.25) is 0 Å². The van der Waals surface area contributed by atoms with Crippen LogP contribution in [0.3, 0.4) is 0 Å². The Morgan fingerprint density at radius 3 is 1.97 bits per heavy atom. The van der Waals surface area contributed by atoms with E-state index < -0.39 is 63.7 Å². The summed E-state index contributed by atoms with van der Waals surface area (Å²) in [5.74, 6) is -4.94. The van der Waals surface area contributed by atoms with Crippen molar-refractivity contribution in [1.82, 2.24) is 10.6 Å². The number of carbonyl (C=O) groups excluding carboxylic acids is 2. The van der Waals surface area contributed by atoms with E-state index in [2.05, 4.69) is 10.6 Å². The van der Waals surface area contributed by atoms with Crippen molar-refractivity contribution in [3.63, 3.8) is 0 Å². The number of carboxylic acids is 3. The standard InChI is InChI=1S/C17H22AsN3O10S/c22-13(19-10-3-1-9(2-4-10)18(30)31)8-32-7-12(16(27)28)21-17(29)20-11(15(25)26)5-6-14(23)24/h1-4,11-12,30-31H,5-8H2,(H,19,22)(H,23,24)(H,25,26)(H,27,28)(H2,20,21,29). The summed E-state index contributed by atoms with van der Waals surface area (Å²) in [5, 5.41) is 33.5. The van der Waals surface area contributed by atoms with Crippen LogP contribution in [0.1, 0.15) is 12.8 Å². The summed E-state index contributed by atoms with van der Waals surface area (Å²) >= 11 is -2.09. The van der Waals surface area contributed by atoms with Gasteiger partial charge in [-0.3, -0.25) is 4.79 Å². The van der Waals surface area contributed by atoms with Gasteiger partial charge in [0.1, 0.15) is 6.04 Å². The molecule has 1 rings (SSSR count). The Morgan fingerprint density at radius 1 is 0.906 bits per heavy atom. The maximum atomic E-state index is 12.0. The van der Waals surface area contributed by atoms with Crippen LogP contribution >= 0.6 is 11.8 Å². The molecule has 0 saturated heterocycles. The van der Waals surface area contributed by atoms with Gasteiger partial charge < -0.3 is 15.5 Å². The van der Waals surface area contributed by atoms with E-state index in [0.717, 1.165) is 11.8 Å². The first-order valence-corrected chi connectivity index (χ1v) is 12.7. The predicted octanol–water partition coefficient (Wildman–Crippen LogP) is -1.89. The molecule has 0 bridgehead atoms. The second-order valence-corrected chi connectivity index (χ2v) is 9.56. The minimum absolute atomic E-state index is 0.150. The molecule has 0 aliphatic carbocycles. The first-order chi connectivity index (χ1) is 15.0. The average Bonchev–Trinajstić information content (AvgIpc) is 2.70. The SMILES string of the molecule is O=C(O)CCC(NC(=O)NC(CSCC(=O)Nc1ccc([As](O)O)cc1)C(=O)O)C(=O)O. The van der Waals surface area contributed by atoms with Gasteiger partial charge in [-0.05, 0) is 6.42 Å². The van der Waals surface area contributed by atoms with Crippen molar-refractivity contribution in [3.05, 3.63) is 24.3 Å². The molecule has 2 unspecified atom stereocenters. The Hall–Kier alpha value is -2.80. The molecule has 0 heterocycles. The molecule has 0 fully saturated rings. The van der Waals surface area contributed by atoms with Crippen molar-refractivity contribution in [2.24, 2.45) is 0 Å². The van der Waals surface area contributed by atoms with Gasteiger partial charge in [0.25, 0.3) is 0 Å². The molecule has 2 atom stereocenters. The fourth-order valence-electron chi connectivity index (χ4n) is 2.20. The van der Waals surface area contributed by atoms with Crippen LogP contribution in [0.25, 0.3) is 0 Å². The monoisotopic (exact) mass is 535 g/mol. The number of urea groups is 1. The summed E-state index contributed by atoms with van der Waals surface area (Å²) in [4.78, 5) is 56.9. The zero-order chi connectivity index (χ0) is 24.3. The number of amides is 3. The number of rotatable bonds is 13. The minimum Gasteiger partial charge on any atom is -0.480 e. The quantitative estimate of drug-likeness (QED) is 0.130. The number of hydrogen-bond donors (Lipinski definition) is 8. The van der Waals surface area contributed by atoms with Gasteiger partial charge in [-0.2, -0.15) is 0 Å². The molecule has 0 aliphatic rings. The van der Waals surface area contributed by atoms with E-state index in [-0.39, 0.29) is 17.9 Å². The second kappa shape index (κ2) is 13.6. The second-order valence-electron chi connectivity index (χ2n) is 6.23. The van der Waals surface area contributed by atoms with E-state index in [1.807, 2.05) is 5.32 Å². The molecule has 1 aromatic carbocycles. The summed E-state index contributed by atoms with van der Waals surface area (Å²) in [6.07, 6.45) is -0.888. The Labute approximate surface area is 191 Å². The summed E-state index contributed by atoms with van der Waals surface area (Å²) in [6, 6.07) is 1.86. The Bertz CT molecular complexity index is 836. The molecule has 1 aromatic rings. The molecule has 0 aliphatic heterocycles. The number of thioether (sulfide) groups is 1. The molecule has 32 heavy (non-hydrogen) atoms. The number of carbonyl (C=O) groups is 5. The van der Waals surface area contributed by atoms with Gasteiger partial charge in [-0.1, -0.05) is 0 Å². The molecular formula is C17H22AsN3O10S. The zero-order valence-corrected chi connectivity index (χ0v) is 19.1. The molecular weight excluding hydrogens is 513 g/mol. The molecule has 0 radical (unpaired) electrons. The van der Waals surface area contributed by atoms with Crippen molar-refractivity contribution >= 4 is 67.0 Å². The van der Waals surface area contributed by atoms with Gasteiger partial charge >= 0.3 is 142 Å². The average molecular weight is 535 g/mol. The molecule has 15 heteroatoms. The number of anilines is 1. The van der Waals surface area contributed by atoms with Crippen molar-refractivity contribution < 1.29 is 47.5 Å².